The van der Waals surface area contributed by atoms with E-state index in [0.29, 0.717) is 5.25 Å². The molecule has 12 heavy (non-hydrogen) atoms. The number of hydrogen-bond donors (Lipinski definition) is 0. The summed E-state index contributed by atoms with van der Waals surface area (Å²) in [5, 5.41) is 0.436. The first-order valence-electron chi connectivity index (χ1n) is 3.93. The average Bonchev–Trinajstić information content (AvgIpc) is 2.87. The molecule has 0 amide bonds. The Morgan fingerprint density at radius 1 is 1.25 bits per heavy atom. The van der Waals surface area contributed by atoms with Crippen LogP contribution in [0.15, 0.2) is 33.6 Å². The van der Waals surface area contributed by atoms with Gasteiger partial charge in [0.1, 0.15) is 0 Å². The van der Waals surface area contributed by atoms with E-state index >= 15 is 0 Å². The molecule has 0 spiro atoms. The first-order chi connectivity index (χ1) is 5.77. The standard InChI is InChI=1S/C9H9BrOS/c10-7-1-3-8(4-2-7)12(11)9-5-6-9/h1-4,9H,5-6H2/t12-/m1/s1. The Kier molecular flexibility index (Phi) is 2.33. The average molecular weight is 245 g/mol. The van der Waals surface area contributed by atoms with E-state index in [9.17, 15) is 4.21 Å². The van der Waals surface area contributed by atoms with Crippen LogP contribution >= 0.6 is 15.9 Å². The van der Waals surface area contributed by atoms with Crippen molar-refractivity contribution in [3.05, 3.63) is 28.7 Å². The maximum atomic E-state index is 11.6. The van der Waals surface area contributed by atoms with E-state index in [-0.39, 0.29) is 0 Å². The Bertz CT molecular complexity index is 303. The van der Waals surface area contributed by atoms with Gasteiger partial charge in [0, 0.05) is 14.6 Å². The summed E-state index contributed by atoms with van der Waals surface area (Å²) in [5.41, 5.74) is 0. The minimum Gasteiger partial charge on any atom is -0.254 e. The van der Waals surface area contributed by atoms with E-state index < -0.39 is 10.8 Å². The molecule has 0 saturated heterocycles. The molecular formula is C9H9BrOS. The van der Waals surface area contributed by atoms with Gasteiger partial charge in [-0.15, -0.1) is 0 Å². The molecule has 2 rings (SSSR count). The van der Waals surface area contributed by atoms with Gasteiger partial charge in [-0.3, -0.25) is 4.21 Å². The summed E-state index contributed by atoms with van der Waals surface area (Å²) in [6.07, 6.45) is 2.26. The van der Waals surface area contributed by atoms with Crippen LogP contribution in [0.25, 0.3) is 0 Å². The molecule has 1 atom stereocenters. The third-order valence-electron chi connectivity index (χ3n) is 1.87. The van der Waals surface area contributed by atoms with Crippen molar-refractivity contribution < 1.29 is 4.21 Å². The zero-order valence-electron chi connectivity index (χ0n) is 6.50. The second-order valence-electron chi connectivity index (χ2n) is 2.95. The molecule has 0 aliphatic heterocycles. The summed E-state index contributed by atoms with van der Waals surface area (Å²) in [4.78, 5) is 0.959. The predicted molar refractivity (Wildman–Crippen MR) is 53.6 cm³/mol. The molecule has 0 aromatic heterocycles. The molecule has 1 aromatic rings. The van der Waals surface area contributed by atoms with Gasteiger partial charge in [-0.1, -0.05) is 15.9 Å². The minimum atomic E-state index is -0.753. The molecule has 1 aromatic carbocycles. The Morgan fingerprint density at radius 3 is 2.33 bits per heavy atom. The lowest BCUT2D eigenvalue weighted by molar-refractivity contribution is 0.682. The van der Waals surface area contributed by atoms with Crippen molar-refractivity contribution in [1.82, 2.24) is 0 Å². The van der Waals surface area contributed by atoms with Gasteiger partial charge in [0.25, 0.3) is 0 Å². The number of rotatable bonds is 2. The van der Waals surface area contributed by atoms with Crippen molar-refractivity contribution in [3.8, 4) is 0 Å². The smallest absolute Gasteiger partial charge is 0.0560 e. The topological polar surface area (TPSA) is 17.1 Å². The van der Waals surface area contributed by atoms with E-state index in [2.05, 4.69) is 15.9 Å². The molecule has 3 heteroatoms. The van der Waals surface area contributed by atoms with Crippen molar-refractivity contribution >= 4 is 26.7 Å². The number of hydrogen-bond acceptors (Lipinski definition) is 1. The molecule has 1 aliphatic rings. The molecule has 0 bridgehead atoms. The Labute approximate surface area is 82.8 Å². The van der Waals surface area contributed by atoms with Crippen LogP contribution in [-0.4, -0.2) is 9.46 Å². The summed E-state index contributed by atoms with van der Waals surface area (Å²) < 4.78 is 12.7. The molecule has 1 aliphatic carbocycles. The van der Waals surface area contributed by atoms with Crippen molar-refractivity contribution in [2.45, 2.75) is 23.0 Å². The highest BCUT2D eigenvalue weighted by atomic mass is 79.9. The third-order valence-corrected chi connectivity index (χ3v) is 4.22. The normalized spacial score (nSPS) is 19.1. The number of benzene rings is 1. The molecule has 64 valence electrons. The Balaban J connectivity index is 2.22. The van der Waals surface area contributed by atoms with Gasteiger partial charge in [0.05, 0.1) is 10.8 Å². The molecular weight excluding hydrogens is 236 g/mol. The molecule has 1 nitrogen and oxygen atoms in total. The maximum Gasteiger partial charge on any atom is 0.0560 e. The first kappa shape index (κ1) is 8.45. The second-order valence-corrected chi connectivity index (χ2v) is 5.60. The van der Waals surface area contributed by atoms with Gasteiger partial charge < -0.3 is 0 Å². The molecule has 1 fully saturated rings. The van der Waals surface area contributed by atoms with Gasteiger partial charge in [0.2, 0.25) is 0 Å². The lowest BCUT2D eigenvalue weighted by Gasteiger charge is -1.98. The fourth-order valence-corrected chi connectivity index (χ4v) is 2.66. The van der Waals surface area contributed by atoms with Crippen molar-refractivity contribution in [3.63, 3.8) is 0 Å². The zero-order valence-corrected chi connectivity index (χ0v) is 8.90. The minimum absolute atomic E-state index is 0.436. The van der Waals surface area contributed by atoms with Gasteiger partial charge in [-0.05, 0) is 37.1 Å². The molecule has 0 heterocycles. The van der Waals surface area contributed by atoms with E-state index in [1.807, 2.05) is 24.3 Å². The summed E-state index contributed by atoms with van der Waals surface area (Å²) in [7, 11) is -0.753. The Hall–Kier alpha value is -0.150. The quantitative estimate of drug-likeness (QED) is 0.782. The van der Waals surface area contributed by atoms with Crippen LogP contribution in [0.2, 0.25) is 0 Å². The number of halogens is 1. The predicted octanol–water partition coefficient (Wildman–Crippen LogP) is 2.72. The third kappa shape index (κ3) is 1.77. The van der Waals surface area contributed by atoms with Crippen LogP contribution < -0.4 is 0 Å². The summed E-state index contributed by atoms with van der Waals surface area (Å²) in [6, 6.07) is 7.74. The second kappa shape index (κ2) is 3.30. The van der Waals surface area contributed by atoms with Crippen molar-refractivity contribution in [1.29, 1.82) is 0 Å². The fourth-order valence-electron chi connectivity index (χ4n) is 1.04. The summed E-state index contributed by atoms with van der Waals surface area (Å²) in [5.74, 6) is 0. The van der Waals surface area contributed by atoms with Crippen LogP contribution in [0.5, 0.6) is 0 Å². The van der Waals surface area contributed by atoms with Crippen LogP contribution in [0, 0.1) is 0 Å². The monoisotopic (exact) mass is 244 g/mol. The molecule has 0 radical (unpaired) electrons. The van der Waals surface area contributed by atoms with Crippen LogP contribution in [-0.2, 0) is 10.8 Å². The lowest BCUT2D eigenvalue weighted by Crippen LogP contribution is -1.96. The van der Waals surface area contributed by atoms with E-state index in [1.54, 1.807) is 0 Å². The highest BCUT2D eigenvalue weighted by molar-refractivity contribution is 9.10. The van der Waals surface area contributed by atoms with Crippen molar-refractivity contribution in [2.75, 3.05) is 0 Å². The SMILES string of the molecule is O=[S@](c1ccc(Br)cc1)C1CC1. The van der Waals surface area contributed by atoms with E-state index in [4.69, 9.17) is 0 Å². The van der Waals surface area contributed by atoms with Gasteiger partial charge in [-0.2, -0.15) is 0 Å². The Morgan fingerprint density at radius 2 is 1.83 bits per heavy atom. The van der Waals surface area contributed by atoms with Gasteiger partial charge >= 0.3 is 0 Å². The fraction of sp³-hybridized carbons (Fsp3) is 0.333. The van der Waals surface area contributed by atoms with E-state index in [1.165, 1.54) is 0 Å². The zero-order chi connectivity index (χ0) is 8.55. The maximum absolute atomic E-state index is 11.6. The van der Waals surface area contributed by atoms with Crippen LogP contribution in [0.4, 0.5) is 0 Å². The van der Waals surface area contributed by atoms with Gasteiger partial charge in [-0.25, -0.2) is 0 Å². The largest absolute Gasteiger partial charge is 0.254 e. The summed E-state index contributed by atoms with van der Waals surface area (Å²) >= 11 is 3.35. The lowest BCUT2D eigenvalue weighted by atomic mass is 10.4. The highest BCUT2D eigenvalue weighted by Crippen LogP contribution is 2.30. The van der Waals surface area contributed by atoms with Gasteiger partial charge in [0.15, 0.2) is 0 Å². The van der Waals surface area contributed by atoms with Crippen molar-refractivity contribution in [2.24, 2.45) is 0 Å². The molecule has 0 unspecified atom stereocenters. The van der Waals surface area contributed by atoms with Crippen LogP contribution in [0.3, 0.4) is 0 Å². The molecule has 1 saturated carbocycles. The van der Waals surface area contributed by atoms with E-state index in [0.717, 1.165) is 22.2 Å². The summed E-state index contributed by atoms with van der Waals surface area (Å²) in [6.45, 7) is 0. The van der Waals surface area contributed by atoms with Crippen LogP contribution in [0.1, 0.15) is 12.8 Å². The highest BCUT2D eigenvalue weighted by Gasteiger charge is 2.28. The first-order valence-corrected chi connectivity index (χ1v) is 5.94. The molecule has 0 N–H and O–H groups in total.